The predicted molar refractivity (Wildman–Crippen MR) is 145 cm³/mol. The number of carbonyl (C=O) groups is 3. The van der Waals surface area contributed by atoms with Crippen LogP contribution >= 0.6 is 0 Å². The predicted octanol–water partition coefficient (Wildman–Crippen LogP) is 3.66. The van der Waals surface area contributed by atoms with Crippen LogP contribution in [0.3, 0.4) is 0 Å². The first-order valence-electron chi connectivity index (χ1n) is 12.7. The molecule has 0 saturated carbocycles. The number of piperidine rings is 1. The number of nitrogens with zero attached hydrogens (tertiary/aromatic N) is 3. The van der Waals surface area contributed by atoms with Gasteiger partial charge in [0.25, 0.3) is 11.8 Å². The lowest BCUT2D eigenvalue weighted by molar-refractivity contribution is -0.143. The van der Waals surface area contributed by atoms with E-state index in [0.717, 1.165) is 6.07 Å². The van der Waals surface area contributed by atoms with Crippen molar-refractivity contribution in [3.63, 3.8) is 0 Å². The number of fused-ring (bicyclic) bond motifs is 1. The number of likely N-dealkylation sites (tertiary alicyclic amines) is 1. The van der Waals surface area contributed by atoms with Crippen molar-refractivity contribution in [2.75, 3.05) is 6.54 Å². The van der Waals surface area contributed by atoms with Crippen molar-refractivity contribution < 1.29 is 28.3 Å². The van der Waals surface area contributed by atoms with Gasteiger partial charge in [0.05, 0.1) is 27.9 Å². The summed E-state index contributed by atoms with van der Waals surface area (Å²) in [6, 6.07) is 10.0. The number of pyridine rings is 2. The number of hydrazine groups is 1. The molecule has 0 radical (unpaired) electrons. The number of aliphatic carboxylic acids is 1. The van der Waals surface area contributed by atoms with Gasteiger partial charge in [-0.3, -0.25) is 20.0 Å². The molecule has 5 rings (SSSR count). The van der Waals surface area contributed by atoms with Crippen LogP contribution in [0.2, 0.25) is 0 Å². The maximum Gasteiger partial charge on any atom is 0.326 e. The number of nitrogen functional groups attached to an aromatic ring is 1. The highest BCUT2D eigenvalue weighted by Crippen LogP contribution is 2.26. The number of hydrogen-bond donors (Lipinski definition) is 3. The Balaban J connectivity index is 1.40. The number of carboxylic acids is 1. The quantitative estimate of drug-likeness (QED) is 0.151. The Morgan fingerprint density at radius 1 is 1.00 bits per heavy atom. The number of hydrogen-bond acceptors (Lipinski definition) is 6. The molecule has 1 aliphatic heterocycles. The summed E-state index contributed by atoms with van der Waals surface area (Å²) >= 11 is 0. The van der Waals surface area contributed by atoms with Gasteiger partial charge in [0, 0.05) is 35.5 Å². The lowest BCUT2D eigenvalue weighted by atomic mass is 10.0. The second-order valence-corrected chi connectivity index (χ2v) is 9.41. The first-order chi connectivity index (χ1) is 19.8. The van der Waals surface area contributed by atoms with E-state index in [1.165, 1.54) is 47.6 Å². The minimum absolute atomic E-state index is 0.00386. The number of nitrogens with two attached hydrogens (primary N) is 1. The van der Waals surface area contributed by atoms with Crippen molar-refractivity contribution in [1.82, 2.24) is 20.3 Å². The summed E-state index contributed by atoms with van der Waals surface area (Å²) in [6.07, 6.45) is 4.72. The van der Waals surface area contributed by atoms with Crippen LogP contribution in [-0.4, -0.2) is 50.3 Å². The Hall–Kier alpha value is -5.21. The zero-order chi connectivity index (χ0) is 29.1. The van der Waals surface area contributed by atoms with Crippen molar-refractivity contribution in [3.05, 3.63) is 94.8 Å². The fourth-order valence-electron chi connectivity index (χ4n) is 4.74. The molecular weight excluding hydrogens is 532 g/mol. The zero-order valence-corrected chi connectivity index (χ0v) is 21.5. The maximum atomic E-state index is 15.0. The van der Waals surface area contributed by atoms with Gasteiger partial charge in [0.2, 0.25) is 0 Å². The minimum Gasteiger partial charge on any atom is -0.480 e. The van der Waals surface area contributed by atoms with Gasteiger partial charge in [-0.05, 0) is 61.7 Å². The molecule has 11 heteroatoms. The Labute approximate surface area is 233 Å². The van der Waals surface area contributed by atoms with Crippen LogP contribution in [0.25, 0.3) is 22.2 Å². The number of benzene rings is 2. The van der Waals surface area contributed by atoms with Crippen LogP contribution in [0.1, 0.15) is 51.1 Å². The van der Waals surface area contributed by atoms with Crippen LogP contribution in [0.15, 0.2) is 60.9 Å². The summed E-state index contributed by atoms with van der Waals surface area (Å²) in [5.74, 6) is 6.81. The third-order valence-electron chi connectivity index (χ3n) is 6.85. The number of carboxylic acid groups (broad SMARTS) is 1. The largest absolute Gasteiger partial charge is 0.480 e. The summed E-state index contributed by atoms with van der Waals surface area (Å²) < 4.78 is 29.9. The molecule has 1 unspecified atom stereocenters. The lowest BCUT2D eigenvalue weighted by Gasteiger charge is -2.33. The van der Waals surface area contributed by atoms with Gasteiger partial charge in [-0.25, -0.2) is 24.4 Å². The van der Waals surface area contributed by atoms with E-state index in [1.54, 1.807) is 12.1 Å². The smallest absolute Gasteiger partial charge is 0.326 e. The highest BCUT2D eigenvalue weighted by Gasteiger charge is 2.32. The van der Waals surface area contributed by atoms with Gasteiger partial charge in [-0.2, -0.15) is 0 Å². The summed E-state index contributed by atoms with van der Waals surface area (Å²) in [6.45, 7) is 0.279. The van der Waals surface area contributed by atoms with Crippen LogP contribution in [0.4, 0.5) is 8.78 Å². The molecule has 0 bridgehead atoms. The van der Waals surface area contributed by atoms with E-state index in [9.17, 15) is 23.9 Å². The van der Waals surface area contributed by atoms with Gasteiger partial charge < -0.3 is 10.0 Å². The van der Waals surface area contributed by atoms with Crippen LogP contribution in [0.5, 0.6) is 0 Å². The molecule has 3 heterocycles. The number of nitrogens with one attached hydrogen (secondary N) is 1. The van der Waals surface area contributed by atoms with Crippen LogP contribution in [0, 0.1) is 23.5 Å². The number of aromatic nitrogens is 2. The molecule has 4 N–H and O–H groups in total. The summed E-state index contributed by atoms with van der Waals surface area (Å²) in [5, 5.41) is 9.91. The number of amides is 2. The Morgan fingerprint density at radius 2 is 1.73 bits per heavy atom. The molecule has 41 heavy (non-hydrogen) atoms. The van der Waals surface area contributed by atoms with E-state index in [2.05, 4.69) is 27.2 Å². The molecular formula is C30H23F2N5O4. The van der Waals surface area contributed by atoms with Gasteiger partial charge in [0.15, 0.2) is 0 Å². The lowest BCUT2D eigenvalue weighted by Crippen LogP contribution is -2.48. The molecule has 9 nitrogen and oxygen atoms in total. The first-order valence-corrected chi connectivity index (χ1v) is 12.7. The van der Waals surface area contributed by atoms with Crippen LogP contribution in [-0.2, 0) is 4.79 Å². The van der Waals surface area contributed by atoms with E-state index in [-0.39, 0.29) is 28.8 Å². The number of carbonyl (C=O) groups excluding carboxylic acids is 2. The average Bonchev–Trinajstić information content (AvgIpc) is 2.99. The highest BCUT2D eigenvalue weighted by atomic mass is 19.1. The van der Waals surface area contributed by atoms with Gasteiger partial charge in [-0.1, -0.05) is 17.9 Å². The van der Waals surface area contributed by atoms with E-state index in [1.807, 2.05) is 0 Å². The third-order valence-corrected chi connectivity index (χ3v) is 6.85. The molecule has 4 aromatic rings. The molecule has 0 aliphatic carbocycles. The molecule has 2 aromatic heterocycles. The Bertz CT molecular complexity index is 1770. The summed E-state index contributed by atoms with van der Waals surface area (Å²) in [5.41, 5.74) is 3.43. The van der Waals surface area contributed by atoms with Gasteiger partial charge in [0.1, 0.15) is 17.7 Å². The topological polar surface area (TPSA) is 139 Å². The summed E-state index contributed by atoms with van der Waals surface area (Å²) in [7, 11) is 0. The number of halogens is 2. The van der Waals surface area contributed by atoms with Gasteiger partial charge >= 0.3 is 5.97 Å². The minimum atomic E-state index is -1.09. The molecule has 0 spiro atoms. The van der Waals surface area contributed by atoms with Crippen molar-refractivity contribution >= 4 is 28.7 Å². The average molecular weight is 556 g/mol. The Morgan fingerprint density at radius 3 is 2.41 bits per heavy atom. The zero-order valence-electron chi connectivity index (χ0n) is 21.5. The van der Waals surface area contributed by atoms with E-state index in [0.29, 0.717) is 41.4 Å². The van der Waals surface area contributed by atoms with E-state index >= 15 is 4.39 Å². The fraction of sp³-hybridized carbons (Fsp3) is 0.167. The fourth-order valence-corrected chi connectivity index (χ4v) is 4.74. The number of rotatable bonds is 4. The molecule has 1 saturated heterocycles. The Kier molecular flexibility index (Phi) is 7.67. The SMILES string of the molecule is NNC(=O)c1cc(-c2ccc(C#Cc3ccc(C(=O)N4CCCCC4C(=O)O)cc3F)c(F)c2)nc2ccncc12. The van der Waals surface area contributed by atoms with Crippen molar-refractivity contribution in [1.29, 1.82) is 0 Å². The van der Waals surface area contributed by atoms with Crippen molar-refractivity contribution in [3.8, 4) is 23.1 Å². The molecule has 2 amide bonds. The molecule has 2 aromatic carbocycles. The summed E-state index contributed by atoms with van der Waals surface area (Å²) in [4.78, 5) is 46.5. The van der Waals surface area contributed by atoms with E-state index in [4.69, 9.17) is 5.84 Å². The highest BCUT2D eigenvalue weighted by molar-refractivity contribution is 6.06. The normalized spacial score (nSPS) is 14.7. The third kappa shape index (κ3) is 5.59. The standard InChI is InChI=1S/C30H23F2N5O4/c31-23-13-19(26-15-21(28(38)36-33)22-16-34-11-10-25(22)35-26)8-6-17(23)4-5-18-7-9-20(14-24(18)32)29(39)37-12-2-1-3-27(37)30(40)41/h6-11,13-16,27H,1-3,12,33H2,(H,36,38)(H,40,41). The van der Waals surface area contributed by atoms with Crippen molar-refractivity contribution in [2.45, 2.75) is 25.3 Å². The van der Waals surface area contributed by atoms with Gasteiger partial charge in [-0.15, -0.1) is 0 Å². The molecule has 1 atom stereocenters. The van der Waals surface area contributed by atoms with E-state index < -0.39 is 35.5 Å². The molecule has 206 valence electrons. The second-order valence-electron chi connectivity index (χ2n) is 9.41. The monoisotopic (exact) mass is 555 g/mol. The van der Waals surface area contributed by atoms with Crippen molar-refractivity contribution in [2.24, 2.45) is 5.84 Å². The molecule has 1 aliphatic rings. The molecule has 1 fully saturated rings. The first kappa shape index (κ1) is 27.4. The second kappa shape index (κ2) is 11.5. The maximum absolute atomic E-state index is 15.0. The van der Waals surface area contributed by atoms with Crippen LogP contribution < -0.4 is 11.3 Å².